The van der Waals surface area contributed by atoms with Gasteiger partial charge in [0.2, 0.25) is 5.91 Å². The lowest BCUT2D eigenvalue weighted by molar-refractivity contribution is -0.116. The van der Waals surface area contributed by atoms with Crippen molar-refractivity contribution in [2.75, 3.05) is 19.0 Å². The lowest BCUT2D eigenvalue weighted by Crippen LogP contribution is -2.32. The van der Waals surface area contributed by atoms with Crippen molar-refractivity contribution in [3.8, 4) is 11.3 Å². The molecule has 5 rings (SSSR count). The minimum absolute atomic E-state index is 0.115. The Morgan fingerprint density at radius 3 is 2.67 bits per heavy atom. The molecule has 1 fully saturated rings. The minimum Gasteiger partial charge on any atom is -0.465 e. The molecule has 2 atom stereocenters. The van der Waals surface area contributed by atoms with Crippen LogP contribution in [0, 0.1) is 6.92 Å². The Bertz CT molecular complexity index is 1500. The number of amides is 1. The van der Waals surface area contributed by atoms with Gasteiger partial charge in [0.15, 0.2) is 5.11 Å². The number of nitrogens with one attached hydrogen (secondary N) is 2. The number of hydrogen-bond acceptors (Lipinski definition) is 6. The third kappa shape index (κ3) is 5.68. The fraction of sp³-hybridized carbons (Fsp3) is 0.200. The van der Waals surface area contributed by atoms with Gasteiger partial charge < -0.3 is 24.7 Å². The first-order chi connectivity index (χ1) is 18.9. The van der Waals surface area contributed by atoms with Gasteiger partial charge in [-0.15, -0.1) is 0 Å². The zero-order valence-electron chi connectivity index (χ0n) is 21.6. The molecule has 198 valence electrons. The van der Waals surface area contributed by atoms with Crippen LogP contribution in [0.4, 0.5) is 5.69 Å². The Kier molecular flexibility index (Phi) is 7.69. The van der Waals surface area contributed by atoms with E-state index in [1.165, 1.54) is 7.11 Å². The van der Waals surface area contributed by atoms with Gasteiger partial charge in [-0.25, -0.2) is 4.79 Å². The number of aryl methyl sites for hydroxylation is 1. The molecule has 0 saturated carbocycles. The summed E-state index contributed by atoms with van der Waals surface area (Å²) in [6.07, 6.45) is 1.95. The second-order valence-electron chi connectivity index (χ2n) is 9.23. The summed E-state index contributed by atoms with van der Waals surface area (Å²) in [7, 11) is 1.35. The summed E-state index contributed by atoms with van der Waals surface area (Å²) in [5.74, 6) is 0.600. The van der Waals surface area contributed by atoms with Crippen molar-refractivity contribution in [3.05, 3.63) is 108 Å². The number of rotatable bonds is 8. The SMILES string of the molecule is COC(=O)c1ccccc1-c1ccc([C@@H]2[C@@H](c3ccccn3)NC(=S)N2CCC(=O)Nc2cccc(C)c2)o1. The van der Waals surface area contributed by atoms with Crippen LogP contribution in [0.2, 0.25) is 0 Å². The number of furan rings is 1. The summed E-state index contributed by atoms with van der Waals surface area (Å²) in [5.41, 5.74) is 3.65. The van der Waals surface area contributed by atoms with E-state index in [4.69, 9.17) is 21.4 Å². The molecule has 39 heavy (non-hydrogen) atoms. The third-order valence-corrected chi connectivity index (χ3v) is 6.95. The molecule has 4 aromatic rings. The van der Waals surface area contributed by atoms with Gasteiger partial charge in [-0.2, -0.15) is 0 Å². The van der Waals surface area contributed by atoms with E-state index < -0.39 is 5.97 Å². The van der Waals surface area contributed by atoms with Gasteiger partial charge in [0.1, 0.15) is 17.6 Å². The maximum Gasteiger partial charge on any atom is 0.338 e. The lowest BCUT2D eigenvalue weighted by Gasteiger charge is -2.25. The van der Waals surface area contributed by atoms with Crippen molar-refractivity contribution in [2.45, 2.75) is 25.4 Å². The molecule has 1 aliphatic rings. The number of methoxy groups -OCH3 is 1. The topological polar surface area (TPSA) is 96.7 Å². The van der Waals surface area contributed by atoms with Gasteiger partial charge in [-0.1, -0.05) is 36.4 Å². The number of ether oxygens (including phenoxy) is 1. The number of thiocarbonyl (C=S) groups is 1. The minimum atomic E-state index is -0.445. The summed E-state index contributed by atoms with van der Waals surface area (Å²) in [6.45, 7) is 2.35. The van der Waals surface area contributed by atoms with E-state index >= 15 is 0 Å². The molecular formula is C30H28N4O4S. The molecule has 9 heteroatoms. The molecule has 2 N–H and O–H groups in total. The smallest absolute Gasteiger partial charge is 0.338 e. The lowest BCUT2D eigenvalue weighted by atomic mass is 10.0. The predicted molar refractivity (Wildman–Crippen MR) is 152 cm³/mol. The molecule has 0 aliphatic carbocycles. The predicted octanol–water partition coefficient (Wildman–Crippen LogP) is 5.44. The zero-order chi connectivity index (χ0) is 27.4. The number of carbonyl (C=O) groups excluding carboxylic acids is 2. The van der Waals surface area contributed by atoms with E-state index in [1.54, 1.807) is 18.3 Å². The third-order valence-electron chi connectivity index (χ3n) is 6.60. The molecule has 2 aromatic heterocycles. The summed E-state index contributed by atoms with van der Waals surface area (Å²) in [5, 5.41) is 6.83. The van der Waals surface area contributed by atoms with Crippen molar-refractivity contribution < 1.29 is 18.7 Å². The van der Waals surface area contributed by atoms with E-state index in [1.807, 2.05) is 78.6 Å². The van der Waals surface area contributed by atoms with Crippen LogP contribution in [0.3, 0.4) is 0 Å². The van der Waals surface area contributed by atoms with Gasteiger partial charge in [0.05, 0.1) is 24.4 Å². The van der Waals surface area contributed by atoms with Crippen molar-refractivity contribution in [3.63, 3.8) is 0 Å². The van der Waals surface area contributed by atoms with Crippen molar-refractivity contribution >= 4 is 34.9 Å². The number of hydrogen-bond donors (Lipinski definition) is 2. The number of pyridine rings is 1. The van der Waals surface area contributed by atoms with Crippen LogP contribution in [0.15, 0.2) is 89.5 Å². The van der Waals surface area contributed by atoms with E-state index in [0.717, 1.165) is 16.9 Å². The monoisotopic (exact) mass is 540 g/mol. The number of esters is 1. The van der Waals surface area contributed by atoms with Crippen molar-refractivity contribution in [1.29, 1.82) is 0 Å². The van der Waals surface area contributed by atoms with Crippen LogP contribution in [0.5, 0.6) is 0 Å². The number of anilines is 1. The van der Waals surface area contributed by atoms with Crippen LogP contribution in [-0.2, 0) is 9.53 Å². The average Bonchev–Trinajstić information content (AvgIpc) is 3.56. The molecule has 1 aliphatic heterocycles. The second-order valence-corrected chi connectivity index (χ2v) is 9.61. The molecule has 0 radical (unpaired) electrons. The highest BCUT2D eigenvalue weighted by Crippen LogP contribution is 2.41. The standard InChI is InChI=1S/C30H28N4O4S/c1-19-8-7-9-20(18-19)32-26(35)15-17-34-28(27(33-30(34)39)23-12-5-6-16-31-23)25-14-13-24(38-25)21-10-3-4-11-22(21)29(36)37-2/h3-14,16,18,27-28H,15,17H2,1-2H3,(H,32,35)(H,33,39)/t27-,28-/m1/s1. The molecule has 1 saturated heterocycles. The van der Waals surface area contributed by atoms with Crippen LogP contribution in [0.25, 0.3) is 11.3 Å². The molecule has 8 nitrogen and oxygen atoms in total. The first kappa shape index (κ1) is 26.1. The molecular weight excluding hydrogens is 512 g/mol. The fourth-order valence-electron chi connectivity index (χ4n) is 4.77. The Labute approximate surface area is 232 Å². The molecule has 0 unspecified atom stereocenters. The van der Waals surface area contributed by atoms with Gasteiger partial charge in [-0.3, -0.25) is 9.78 Å². The first-order valence-corrected chi connectivity index (χ1v) is 13.0. The number of benzene rings is 2. The highest BCUT2D eigenvalue weighted by molar-refractivity contribution is 7.80. The van der Waals surface area contributed by atoms with Crippen molar-refractivity contribution in [1.82, 2.24) is 15.2 Å². The summed E-state index contributed by atoms with van der Waals surface area (Å²) in [4.78, 5) is 31.7. The second kappa shape index (κ2) is 11.5. The summed E-state index contributed by atoms with van der Waals surface area (Å²) in [6, 6.07) is 23.6. The average molecular weight is 541 g/mol. The maximum absolute atomic E-state index is 12.8. The van der Waals surface area contributed by atoms with Gasteiger partial charge in [0, 0.05) is 30.4 Å². The Morgan fingerprint density at radius 1 is 1.08 bits per heavy atom. The van der Waals surface area contributed by atoms with Crippen molar-refractivity contribution in [2.24, 2.45) is 0 Å². The van der Waals surface area contributed by atoms with Gasteiger partial charge in [-0.05, 0) is 67.2 Å². The molecule has 3 heterocycles. The van der Waals surface area contributed by atoms with Crippen LogP contribution >= 0.6 is 12.2 Å². The Balaban J connectivity index is 1.43. The van der Waals surface area contributed by atoms with E-state index in [0.29, 0.717) is 34.3 Å². The zero-order valence-corrected chi connectivity index (χ0v) is 22.4. The maximum atomic E-state index is 12.8. The Morgan fingerprint density at radius 2 is 1.90 bits per heavy atom. The number of carbonyl (C=O) groups is 2. The highest BCUT2D eigenvalue weighted by Gasteiger charge is 2.41. The highest BCUT2D eigenvalue weighted by atomic mass is 32.1. The van der Waals surface area contributed by atoms with Crippen LogP contribution in [-0.4, -0.2) is 40.5 Å². The van der Waals surface area contributed by atoms with E-state index in [2.05, 4.69) is 15.6 Å². The van der Waals surface area contributed by atoms with Crippen LogP contribution in [0.1, 0.15) is 45.9 Å². The largest absolute Gasteiger partial charge is 0.465 e. The van der Waals surface area contributed by atoms with Gasteiger partial charge in [0.25, 0.3) is 0 Å². The molecule has 0 bridgehead atoms. The number of aromatic nitrogens is 1. The molecule has 1 amide bonds. The molecule has 2 aromatic carbocycles. The summed E-state index contributed by atoms with van der Waals surface area (Å²) >= 11 is 5.72. The fourth-order valence-corrected chi connectivity index (χ4v) is 5.10. The summed E-state index contributed by atoms with van der Waals surface area (Å²) < 4.78 is 11.3. The molecule has 0 spiro atoms. The quantitative estimate of drug-likeness (QED) is 0.225. The Hall–Kier alpha value is -4.50. The normalized spacial score (nSPS) is 16.6. The van der Waals surface area contributed by atoms with Crippen LogP contribution < -0.4 is 10.6 Å². The number of nitrogens with zero attached hydrogens (tertiary/aromatic N) is 2. The van der Waals surface area contributed by atoms with Gasteiger partial charge >= 0.3 is 5.97 Å². The first-order valence-electron chi connectivity index (χ1n) is 12.6. The van der Waals surface area contributed by atoms with E-state index in [9.17, 15) is 9.59 Å². The van der Waals surface area contributed by atoms with E-state index in [-0.39, 0.29) is 24.4 Å².